The number of hydrogen-bond acceptors (Lipinski definition) is 5. The van der Waals surface area contributed by atoms with Crippen molar-refractivity contribution in [2.75, 3.05) is 32.1 Å². The lowest BCUT2D eigenvalue weighted by atomic mass is 10.2. The van der Waals surface area contributed by atoms with Crippen molar-refractivity contribution >= 4 is 47.0 Å². The number of para-hydroxylation sites is 2. The van der Waals surface area contributed by atoms with E-state index >= 15 is 0 Å². The van der Waals surface area contributed by atoms with Gasteiger partial charge in [0.05, 0.1) is 19.3 Å². The Hall–Kier alpha value is -1.55. The Bertz CT molecular complexity index is 751. The highest BCUT2D eigenvalue weighted by Crippen LogP contribution is 2.30. The fourth-order valence-corrected chi connectivity index (χ4v) is 3.93. The first-order valence-electron chi connectivity index (χ1n) is 9.02. The second kappa shape index (κ2) is 10.7. The van der Waals surface area contributed by atoms with Gasteiger partial charge in [-0.05, 0) is 25.0 Å². The number of hydrogen-bond donors (Lipinski definition) is 2. The zero-order chi connectivity index (χ0) is 18.4. The molecule has 2 N–H and O–H groups in total. The van der Waals surface area contributed by atoms with Crippen LogP contribution in [0.1, 0.15) is 23.2 Å². The van der Waals surface area contributed by atoms with Crippen LogP contribution in [0.2, 0.25) is 0 Å². The first-order chi connectivity index (χ1) is 12.7. The number of halogens is 1. The molecule has 2 aromatic rings. The highest BCUT2D eigenvalue weighted by Gasteiger charge is 2.25. The molecule has 27 heavy (non-hydrogen) atoms. The summed E-state index contributed by atoms with van der Waals surface area (Å²) in [6.45, 7) is 4.78. The number of methoxy groups -OCH3 is 1. The molecule has 1 aromatic carbocycles. The highest BCUT2D eigenvalue weighted by atomic mass is 127. The third-order valence-corrected chi connectivity index (χ3v) is 5.68. The first-order valence-corrected chi connectivity index (χ1v) is 9.83. The van der Waals surface area contributed by atoms with Crippen LogP contribution < -0.4 is 20.3 Å². The standard InChI is InChI=1S/C19H27N5OS.HI/c1-4-15-11-21-18(26-15)12-22-19(20-2)23-14-9-10-24(13-14)16-7-5-6-8-17(16)25-3;/h5-8,11,14H,4,9-10,12-13H2,1-3H3,(H2,20,22,23);1H. The van der Waals surface area contributed by atoms with Gasteiger partial charge in [-0.1, -0.05) is 19.1 Å². The van der Waals surface area contributed by atoms with Crippen LogP contribution in [0.5, 0.6) is 5.75 Å². The molecular formula is C19H28IN5OS. The molecule has 0 bridgehead atoms. The van der Waals surface area contributed by atoms with E-state index < -0.39 is 0 Å². The maximum atomic E-state index is 5.49. The van der Waals surface area contributed by atoms with Gasteiger partial charge in [-0.15, -0.1) is 35.3 Å². The molecule has 0 saturated carbocycles. The van der Waals surface area contributed by atoms with Gasteiger partial charge in [-0.3, -0.25) is 4.99 Å². The average molecular weight is 501 g/mol. The minimum atomic E-state index is 0. The zero-order valence-electron chi connectivity index (χ0n) is 16.1. The van der Waals surface area contributed by atoms with Crippen LogP contribution in [0.25, 0.3) is 0 Å². The summed E-state index contributed by atoms with van der Waals surface area (Å²) in [7, 11) is 3.53. The van der Waals surface area contributed by atoms with E-state index in [1.165, 1.54) is 4.88 Å². The molecule has 0 radical (unpaired) electrons. The van der Waals surface area contributed by atoms with E-state index in [1.54, 1.807) is 18.4 Å². The van der Waals surface area contributed by atoms with Crippen molar-refractivity contribution in [3.05, 3.63) is 40.3 Å². The fourth-order valence-electron chi connectivity index (χ4n) is 3.13. The van der Waals surface area contributed by atoms with Crippen LogP contribution in [0.4, 0.5) is 5.69 Å². The molecule has 0 amide bonds. The van der Waals surface area contributed by atoms with Crippen LogP contribution in [0.3, 0.4) is 0 Å². The summed E-state index contributed by atoms with van der Waals surface area (Å²) in [5.74, 6) is 1.75. The van der Waals surface area contributed by atoms with E-state index in [9.17, 15) is 0 Å². The van der Waals surface area contributed by atoms with E-state index in [1.807, 2.05) is 25.4 Å². The molecule has 6 nitrogen and oxygen atoms in total. The number of ether oxygens (including phenoxy) is 1. The molecule has 8 heteroatoms. The second-order valence-electron chi connectivity index (χ2n) is 6.25. The molecule has 1 atom stereocenters. The van der Waals surface area contributed by atoms with Gasteiger partial charge in [0.2, 0.25) is 0 Å². The van der Waals surface area contributed by atoms with E-state index in [-0.39, 0.29) is 24.0 Å². The van der Waals surface area contributed by atoms with Crippen LogP contribution in [-0.4, -0.2) is 44.2 Å². The molecule has 1 fully saturated rings. The van der Waals surface area contributed by atoms with Gasteiger partial charge in [0, 0.05) is 37.3 Å². The van der Waals surface area contributed by atoms with E-state index in [0.29, 0.717) is 12.6 Å². The summed E-state index contributed by atoms with van der Waals surface area (Å²) in [5, 5.41) is 7.99. The minimum Gasteiger partial charge on any atom is -0.495 e. The molecular weight excluding hydrogens is 473 g/mol. The lowest BCUT2D eigenvalue weighted by Crippen LogP contribution is -2.44. The maximum Gasteiger partial charge on any atom is 0.191 e. The van der Waals surface area contributed by atoms with Crippen molar-refractivity contribution in [3.63, 3.8) is 0 Å². The molecule has 1 aromatic heterocycles. The molecule has 1 aliphatic rings. The lowest BCUT2D eigenvalue weighted by Gasteiger charge is -2.22. The molecule has 1 aliphatic heterocycles. The van der Waals surface area contributed by atoms with Gasteiger partial charge in [-0.25, -0.2) is 4.98 Å². The normalized spacial score (nSPS) is 16.8. The van der Waals surface area contributed by atoms with Crippen LogP contribution in [-0.2, 0) is 13.0 Å². The van der Waals surface area contributed by atoms with Crippen molar-refractivity contribution in [1.29, 1.82) is 0 Å². The summed E-state index contributed by atoms with van der Waals surface area (Å²) in [6, 6.07) is 8.53. The number of rotatable bonds is 6. The van der Waals surface area contributed by atoms with E-state index in [2.05, 4.69) is 44.6 Å². The SMILES string of the molecule is CCc1cnc(CNC(=NC)NC2CCN(c3ccccc3OC)C2)s1.I. The topological polar surface area (TPSA) is 61.8 Å². The van der Waals surface area contributed by atoms with Crippen LogP contribution in [0.15, 0.2) is 35.5 Å². The monoisotopic (exact) mass is 501 g/mol. The predicted octanol–water partition coefficient (Wildman–Crippen LogP) is 3.28. The quantitative estimate of drug-likeness (QED) is 0.362. The molecule has 0 spiro atoms. The summed E-state index contributed by atoms with van der Waals surface area (Å²) < 4.78 is 5.49. The lowest BCUT2D eigenvalue weighted by molar-refractivity contribution is 0.415. The van der Waals surface area contributed by atoms with E-state index in [0.717, 1.165) is 48.3 Å². The number of aryl methyl sites for hydroxylation is 1. The number of anilines is 1. The number of nitrogens with one attached hydrogen (secondary N) is 2. The highest BCUT2D eigenvalue weighted by molar-refractivity contribution is 14.0. The van der Waals surface area contributed by atoms with Gasteiger partial charge in [0.15, 0.2) is 5.96 Å². The Labute approximate surface area is 182 Å². The van der Waals surface area contributed by atoms with Crippen LogP contribution >= 0.6 is 35.3 Å². The van der Waals surface area contributed by atoms with Crippen molar-refractivity contribution in [1.82, 2.24) is 15.6 Å². The summed E-state index contributed by atoms with van der Waals surface area (Å²) in [5.41, 5.74) is 1.15. The van der Waals surface area contributed by atoms with Gasteiger partial charge in [0.25, 0.3) is 0 Å². The van der Waals surface area contributed by atoms with Gasteiger partial charge >= 0.3 is 0 Å². The molecule has 1 saturated heterocycles. The maximum absolute atomic E-state index is 5.49. The largest absolute Gasteiger partial charge is 0.495 e. The van der Waals surface area contributed by atoms with Crippen molar-refractivity contribution in [2.45, 2.75) is 32.4 Å². The van der Waals surface area contributed by atoms with Crippen molar-refractivity contribution < 1.29 is 4.74 Å². The Morgan fingerprint density at radius 2 is 2.22 bits per heavy atom. The summed E-state index contributed by atoms with van der Waals surface area (Å²) >= 11 is 1.75. The number of aliphatic imine (C=N–C) groups is 1. The molecule has 148 valence electrons. The number of nitrogens with zero attached hydrogens (tertiary/aromatic N) is 3. The number of benzene rings is 1. The van der Waals surface area contributed by atoms with Crippen molar-refractivity contribution in [2.24, 2.45) is 4.99 Å². The number of thiazole rings is 1. The fraction of sp³-hybridized carbons (Fsp3) is 0.474. The van der Waals surface area contributed by atoms with E-state index in [4.69, 9.17) is 4.74 Å². The minimum absolute atomic E-state index is 0. The smallest absolute Gasteiger partial charge is 0.191 e. The average Bonchev–Trinajstić information content (AvgIpc) is 3.34. The van der Waals surface area contributed by atoms with Crippen molar-refractivity contribution in [3.8, 4) is 5.75 Å². The summed E-state index contributed by atoms with van der Waals surface area (Å²) in [6.07, 6.45) is 4.06. The Morgan fingerprint density at radius 3 is 2.93 bits per heavy atom. The Morgan fingerprint density at radius 1 is 1.41 bits per heavy atom. The Balaban J connectivity index is 0.00000261. The van der Waals surface area contributed by atoms with Gasteiger partial charge in [-0.2, -0.15) is 0 Å². The zero-order valence-corrected chi connectivity index (χ0v) is 19.2. The van der Waals surface area contributed by atoms with Gasteiger partial charge < -0.3 is 20.3 Å². The Kier molecular flexibility index (Phi) is 8.62. The molecule has 2 heterocycles. The number of aromatic nitrogens is 1. The summed E-state index contributed by atoms with van der Waals surface area (Å²) in [4.78, 5) is 12.5. The molecule has 1 unspecified atom stereocenters. The number of guanidine groups is 1. The molecule has 0 aliphatic carbocycles. The second-order valence-corrected chi connectivity index (χ2v) is 7.45. The first kappa shape index (κ1) is 21.7. The van der Waals surface area contributed by atoms with Gasteiger partial charge in [0.1, 0.15) is 10.8 Å². The predicted molar refractivity (Wildman–Crippen MR) is 124 cm³/mol. The molecule has 3 rings (SSSR count). The van der Waals surface area contributed by atoms with Crippen LogP contribution in [0, 0.1) is 0 Å². The third-order valence-electron chi connectivity index (χ3n) is 4.54. The third kappa shape index (κ3) is 5.71.